The molecule has 0 aliphatic carbocycles. The maximum absolute atomic E-state index is 13.2. The van der Waals surface area contributed by atoms with Crippen LogP contribution in [0.3, 0.4) is 0 Å². The molecule has 1 fully saturated rings. The van der Waals surface area contributed by atoms with Crippen molar-refractivity contribution in [1.29, 1.82) is 0 Å². The molecule has 1 amide bonds. The molecule has 2 aromatic heterocycles. The van der Waals surface area contributed by atoms with E-state index in [0.29, 0.717) is 47.8 Å². The van der Waals surface area contributed by atoms with Gasteiger partial charge in [0.15, 0.2) is 11.5 Å². The van der Waals surface area contributed by atoms with E-state index >= 15 is 0 Å². The summed E-state index contributed by atoms with van der Waals surface area (Å²) in [5, 5.41) is 3.78. The van der Waals surface area contributed by atoms with Crippen LogP contribution in [0.4, 0.5) is 11.8 Å². The number of likely N-dealkylation sites (N-methyl/N-ethyl adjacent to an activating group) is 1. The first kappa shape index (κ1) is 24.4. The largest absolute Gasteiger partial charge is 0.492 e. The minimum atomic E-state index is -0.463. The highest BCUT2D eigenvalue weighted by Crippen LogP contribution is 2.36. The molecule has 0 spiro atoms. The predicted molar refractivity (Wildman–Crippen MR) is 132 cm³/mol. The molecule has 1 unspecified atom stereocenters. The standard InChI is InChI=1S/C24H30N6O5/c1-4-30-20(28-22(31)15-12-26-24(25)27-13-15)11-18-17(23(30)32)5-6-19(21(18)33-3)35-9-7-16-14-29(2)8-10-34-16/h5-6,11-13,16H,4,7-10,14H2,1-3H3,(H,28,31)(H2,25,26,27). The molecule has 1 aliphatic rings. The van der Waals surface area contributed by atoms with Gasteiger partial charge in [-0.05, 0) is 32.2 Å². The summed E-state index contributed by atoms with van der Waals surface area (Å²) in [6, 6.07) is 5.16. The first-order valence-electron chi connectivity index (χ1n) is 11.5. The number of benzene rings is 1. The predicted octanol–water partition coefficient (Wildman–Crippen LogP) is 1.75. The number of amides is 1. The van der Waals surface area contributed by atoms with Crippen molar-refractivity contribution in [1.82, 2.24) is 19.4 Å². The Morgan fingerprint density at radius 2 is 2.06 bits per heavy atom. The fourth-order valence-electron chi connectivity index (χ4n) is 4.11. The summed E-state index contributed by atoms with van der Waals surface area (Å²) in [7, 11) is 3.60. The number of nitrogen functional groups attached to an aromatic ring is 1. The summed E-state index contributed by atoms with van der Waals surface area (Å²) in [6.45, 7) is 5.12. The van der Waals surface area contributed by atoms with Crippen LogP contribution in [0.5, 0.6) is 11.5 Å². The molecule has 186 valence electrons. The molecule has 0 radical (unpaired) electrons. The fraction of sp³-hybridized carbons (Fsp3) is 0.417. The van der Waals surface area contributed by atoms with Gasteiger partial charge in [0.2, 0.25) is 5.95 Å². The molecule has 4 rings (SSSR count). The number of hydrogen-bond acceptors (Lipinski definition) is 9. The highest BCUT2D eigenvalue weighted by Gasteiger charge is 2.20. The Labute approximate surface area is 202 Å². The van der Waals surface area contributed by atoms with Crippen molar-refractivity contribution < 1.29 is 19.0 Å². The molecule has 11 nitrogen and oxygen atoms in total. The van der Waals surface area contributed by atoms with Crippen molar-refractivity contribution in [3.05, 3.63) is 46.5 Å². The van der Waals surface area contributed by atoms with Gasteiger partial charge in [-0.15, -0.1) is 0 Å². The van der Waals surface area contributed by atoms with E-state index in [1.54, 1.807) is 18.2 Å². The zero-order chi connectivity index (χ0) is 24.9. The minimum absolute atomic E-state index is 0.0667. The van der Waals surface area contributed by atoms with Crippen LogP contribution >= 0.6 is 0 Å². The van der Waals surface area contributed by atoms with Crippen LogP contribution in [0, 0.1) is 0 Å². The number of aromatic nitrogens is 3. The number of fused-ring (bicyclic) bond motifs is 1. The van der Waals surface area contributed by atoms with Crippen LogP contribution < -0.4 is 26.1 Å². The van der Waals surface area contributed by atoms with Gasteiger partial charge in [0.1, 0.15) is 5.82 Å². The van der Waals surface area contributed by atoms with Crippen molar-refractivity contribution in [3.63, 3.8) is 0 Å². The fourth-order valence-corrected chi connectivity index (χ4v) is 4.11. The van der Waals surface area contributed by atoms with Crippen LogP contribution in [0.1, 0.15) is 23.7 Å². The molecule has 11 heteroatoms. The molecule has 1 atom stereocenters. The number of nitrogens with zero attached hydrogens (tertiary/aromatic N) is 4. The van der Waals surface area contributed by atoms with Crippen molar-refractivity contribution in [3.8, 4) is 11.5 Å². The summed E-state index contributed by atoms with van der Waals surface area (Å²) >= 11 is 0. The monoisotopic (exact) mass is 482 g/mol. The number of morpholine rings is 1. The summed E-state index contributed by atoms with van der Waals surface area (Å²) in [5.41, 5.74) is 5.47. The Balaban J connectivity index is 1.62. The Morgan fingerprint density at radius 3 is 2.74 bits per heavy atom. The van der Waals surface area contributed by atoms with E-state index in [9.17, 15) is 9.59 Å². The third-order valence-electron chi connectivity index (χ3n) is 5.94. The molecule has 1 aromatic carbocycles. The molecular weight excluding hydrogens is 452 g/mol. The number of pyridine rings is 1. The van der Waals surface area contributed by atoms with E-state index in [4.69, 9.17) is 19.9 Å². The van der Waals surface area contributed by atoms with E-state index in [1.165, 1.54) is 24.1 Å². The van der Waals surface area contributed by atoms with E-state index in [-0.39, 0.29) is 23.2 Å². The van der Waals surface area contributed by atoms with Gasteiger partial charge in [-0.1, -0.05) is 0 Å². The SMILES string of the molecule is CCn1c(NC(=O)c2cnc(N)nc2)cc2c(OC)c(OCCC3CN(C)CCO3)ccc2c1=O. The molecule has 35 heavy (non-hydrogen) atoms. The lowest BCUT2D eigenvalue weighted by atomic mass is 10.1. The van der Waals surface area contributed by atoms with Gasteiger partial charge in [-0.2, -0.15) is 0 Å². The Bertz CT molecular complexity index is 1260. The van der Waals surface area contributed by atoms with Crippen molar-refractivity contribution in [2.24, 2.45) is 0 Å². The van der Waals surface area contributed by atoms with Gasteiger partial charge in [0.25, 0.3) is 11.5 Å². The highest BCUT2D eigenvalue weighted by molar-refractivity contribution is 6.04. The van der Waals surface area contributed by atoms with Crippen LogP contribution in [-0.4, -0.2) is 71.9 Å². The second-order valence-corrected chi connectivity index (χ2v) is 8.31. The molecule has 3 heterocycles. The molecular formula is C24H30N6O5. The maximum atomic E-state index is 13.2. The molecule has 1 aliphatic heterocycles. The Morgan fingerprint density at radius 1 is 1.29 bits per heavy atom. The quantitative estimate of drug-likeness (QED) is 0.492. The van der Waals surface area contributed by atoms with Crippen LogP contribution in [0.2, 0.25) is 0 Å². The highest BCUT2D eigenvalue weighted by atomic mass is 16.5. The Hall–Kier alpha value is -3.70. The number of carbonyl (C=O) groups is 1. The molecule has 1 saturated heterocycles. The maximum Gasteiger partial charge on any atom is 0.260 e. The van der Waals surface area contributed by atoms with E-state index in [1.807, 2.05) is 6.92 Å². The van der Waals surface area contributed by atoms with E-state index < -0.39 is 5.91 Å². The number of nitrogens with one attached hydrogen (secondary N) is 1. The number of anilines is 2. The summed E-state index contributed by atoms with van der Waals surface area (Å²) in [4.78, 5) is 35.9. The van der Waals surface area contributed by atoms with Crippen LogP contribution in [0.25, 0.3) is 10.8 Å². The lowest BCUT2D eigenvalue weighted by Crippen LogP contribution is -2.40. The first-order chi connectivity index (χ1) is 16.9. The summed E-state index contributed by atoms with van der Waals surface area (Å²) in [5.74, 6) is 0.866. The lowest BCUT2D eigenvalue weighted by molar-refractivity contribution is -0.0284. The smallest absolute Gasteiger partial charge is 0.260 e. The second-order valence-electron chi connectivity index (χ2n) is 8.31. The number of ether oxygens (including phenoxy) is 3. The third-order valence-corrected chi connectivity index (χ3v) is 5.94. The average molecular weight is 483 g/mol. The summed E-state index contributed by atoms with van der Waals surface area (Å²) in [6.07, 6.45) is 3.49. The average Bonchev–Trinajstić information content (AvgIpc) is 2.84. The second kappa shape index (κ2) is 10.7. The lowest BCUT2D eigenvalue weighted by Gasteiger charge is -2.30. The van der Waals surface area contributed by atoms with Gasteiger partial charge in [0, 0.05) is 43.8 Å². The van der Waals surface area contributed by atoms with Crippen LogP contribution in [-0.2, 0) is 11.3 Å². The summed E-state index contributed by atoms with van der Waals surface area (Å²) < 4.78 is 18.9. The molecule has 3 N–H and O–H groups in total. The number of nitrogens with two attached hydrogens (primary N) is 1. The molecule has 0 bridgehead atoms. The first-order valence-corrected chi connectivity index (χ1v) is 11.5. The molecule has 0 saturated carbocycles. The van der Waals surface area contributed by atoms with Crippen molar-refractivity contribution >= 4 is 28.4 Å². The zero-order valence-corrected chi connectivity index (χ0v) is 20.1. The number of methoxy groups -OCH3 is 1. The number of hydrogen-bond donors (Lipinski definition) is 2. The van der Waals surface area contributed by atoms with Crippen molar-refractivity contribution in [2.45, 2.75) is 26.0 Å². The number of rotatable bonds is 8. The van der Waals surface area contributed by atoms with Gasteiger partial charge in [0.05, 0.1) is 37.4 Å². The van der Waals surface area contributed by atoms with Gasteiger partial charge in [-0.25, -0.2) is 9.97 Å². The normalized spacial score (nSPS) is 16.3. The topological polar surface area (TPSA) is 134 Å². The van der Waals surface area contributed by atoms with E-state index in [2.05, 4.69) is 27.2 Å². The van der Waals surface area contributed by atoms with Gasteiger partial charge >= 0.3 is 0 Å². The van der Waals surface area contributed by atoms with Gasteiger partial charge in [-0.3, -0.25) is 14.2 Å². The van der Waals surface area contributed by atoms with Crippen molar-refractivity contribution in [2.75, 3.05) is 51.5 Å². The van der Waals surface area contributed by atoms with Gasteiger partial charge < -0.3 is 30.2 Å². The minimum Gasteiger partial charge on any atom is -0.492 e. The van der Waals surface area contributed by atoms with Crippen LogP contribution in [0.15, 0.2) is 35.4 Å². The number of carbonyl (C=O) groups excluding carboxylic acids is 1. The zero-order valence-electron chi connectivity index (χ0n) is 20.1. The van der Waals surface area contributed by atoms with E-state index in [0.717, 1.165) is 19.5 Å². The Kier molecular flexibility index (Phi) is 7.47. The third kappa shape index (κ3) is 5.36. The molecule has 3 aromatic rings.